The number of nitrogens with two attached hydrogens (primary N) is 1. The minimum atomic E-state index is 0.697. The molecule has 2 N–H and O–H groups in total. The van der Waals surface area contributed by atoms with E-state index in [1.54, 1.807) is 19.4 Å². The predicted octanol–water partition coefficient (Wildman–Crippen LogP) is 1.83. The molecule has 0 saturated heterocycles. The highest BCUT2D eigenvalue weighted by atomic mass is 16.5. The van der Waals surface area contributed by atoms with Gasteiger partial charge >= 0.3 is 0 Å². The number of nitrogen functional groups attached to an aromatic ring is 1. The summed E-state index contributed by atoms with van der Waals surface area (Å²) in [6, 6.07) is 7.47. The van der Waals surface area contributed by atoms with Gasteiger partial charge in [0.1, 0.15) is 5.75 Å². The first kappa shape index (κ1) is 7.86. The third-order valence-corrected chi connectivity index (χ3v) is 1.96. The van der Waals surface area contributed by atoms with E-state index in [9.17, 15) is 0 Å². The van der Waals surface area contributed by atoms with Gasteiger partial charge in [0.2, 0.25) is 0 Å². The van der Waals surface area contributed by atoms with Crippen LogP contribution in [-0.4, -0.2) is 12.1 Å². The molecule has 13 heavy (non-hydrogen) atoms. The molecule has 0 spiro atoms. The maximum absolute atomic E-state index is 5.81. The molecule has 3 heteroatoms. The summed E-state index contributed by atoms with van der Waals surface area (Å²) < 4.78 is 5.08. The molecule has 0 saturated carbocycles. The van der Waals surface area contributed by atoms with Crippen molar-refractivity contribution in [1.82, 2.24) is 4.98 Å². The standard InChI is InChI=1S/C10H10N2O/c1-13-7-5-9(11)8-3-2-4-12-10(8)6-7/h2-6H,11H2,1H3. The van der Waals surface area contributed by atoms with Crippen LogP contribution in [-0.2, 0) is 0 Å². The highest BCUT2D eigenvalue weighted by Crippen LogP contribution is 2.24. The van der Waals surface area contributed by atoms with E-state index in [0.29, 0.717) is 5.69 Å². The molecule has 0 aliphatic carbocycles. The lowest BCUT2D eigenvalue weighted by Gasteiger charge is -2.04. The predicted molar refractivity (Wildman–Crippen MR) is 52.7 cm³/mol. The molecule has 3 nitrogen and oxygen atoms in total. The fourth-order valence-electron chi connectivity index (χ4n) is 1.30. The van der Waals surface area contributed by atoms with E-state index in [0.717, 1.165) is 16.7 Å². The fourth-order valence-corrected chi connectivity index (χ4v) is 1.30. The summed E-state index contributed by atoms with van der Waals surface area (Å²) in [4.78, 5) is 4.19. The molecule has 0 bridgehead atoms. The topological polar surface area (TPSA) is 48.1 Å². The summed E-state index contributed by atoms with van der Waals surface area (Å²) in [6.07, 6.45) is 1.74. The quantitative estimate of drug-likeness (QED) is 0.671. The largest absolute Gasteiger partial charge is 0.497 e. The van der Waals surface area contributed by atoms with Gasteiger partial charge in [0, 0.05) is 29.4 Å². The summed E-state index contributed by atoms with van der Waals surface area (Å²) in [5.41, 5.74) is 7.37. The Balaban J connectivity index is 2.77. The number of rotatable bonds is 1. The van der Waals surface area contributed by atoms with Gasteiger partial charge in [-0.2, -0.15) is 0 Å². The van der Waals surface area contributed by atoms with Crippen LogP contribution in [0.4, 0.5) is 5.69 Å². The zero-order valence-electron chi connectivity index (χ0n) is 7.32. The Hall–Kier alpha value is -1.77. The number of ether oxygens (including phenoxy) is 1. The van der Waals surface area contributed by atoms with Crippen LogP contribution in [0.25, 0.3) is 10.9 Å². The second kappa shape index (κ2) is 2.94. The maximum Gasteiger partial charge on any atom is 0.123 e. The number of anilines is 1. The summed E-state index contributed by atoms with van der Waals surface area (Å²) in [6.45, 7) is 0. The molecule has 0 amide bonds. The van der Waals surface area contributed by atoms with E-state index in [1.165, 1.54) is 0 Å². The van der Waals surface area contributed by atoms with Crippen LogP contribution >= 0.6 is 0 Å². The number of hydrogen-bond donors (Lipinski definition) is 1. The average molecular weight is 174 g/mol. The normalized spacial score (nSPS) is 10.2. The van der Waals surface area contributed by atoms with Crippen LogP contribution in [0.2, 0.25) is 0 Å². The molecular formula is C10H10N2O. The molecule has 2 rings (SSSR count). The molecule has 0 atom stereocenters. The van der Waals surface area contributed by atoms with E-state index < -0.39 is 0 Å². The Morgan fingerprint density at radius 2 is 2.23 bits per heavy atom. The second-order valence-electron chi connectivity index (χ2n) is 2.79. The maximum atomic E-state index is 5.81. The number of nitrogens with zero attached hydrogens (tertiary/aromatic N) is 1. The van der Waals surface area contributed by atoms with Gasteiger partial charge in [0.05, 0.1) is 12.6 Å². The number of fused-ring (bicyclic) bond motifs is 1. The van der Waals surface area contributed by atoms with Crippen LogP contribution in [0, 0.1) is 0 Å². The minimum Gasteiger partial charge on any atom is -0.497 e. The lowest BCUT2D eigenvalue weighted by molar-refractivity contribution is 0.415. The number of aromatic nitrogens is 1. The summed E-state index contributed by atoms with van der Waals surface area (Å²) in [7, 11) is 1.61. The van der Waals surface area contributed by atoms with Crippen molar-refractivity contribution in [3.63, 3.8) is 0 Å². The van der Waals surface area contributed by atoms with Crippen molar-refractivity contribution < 1.29 is 4.74 Å². The SMILES string of the molecule is COc1cc(N)c2cccnc2c1. The van der Waals surface area contributed by atoms with Crippen LogP contribution < -0.4 is 10.5 Å². The molecule has 0 aliphatic rings. The highest BCUT2D eigenvalue weighted by molar-refractivity contribution is 5.91. The van der Waals surface area contributed by atoms with Crippen molar-refractivity contribution in [3.8, 4) is 5.75 Å². The second-order valence-corrected chi connectivity index (χ2v) is 2.79. The summed E-state index contributed by atoms with van der Waals surface area (Å²) >= 11 is 0. The van der Waals surface area contributed by atoms with E-state index in [1.807, 2.05) is 18.2 Å². The molecule has 0 aliphatic heterocycles. The molecule has 2 aromatic rings. The zero-order chi connectivity index (χ0) is 9.26. The van der Waals surface area contributed by atoms with Gasteiger partial charge in [0.25, 0.3) is 0 Å². The lowest BCUT2D eigenvalue weighted by Crippen LogP contribution is -1.91. The van der Waals surface area contributed by atoms with E-state index in [-0.39, 0.29) is 0 Å². The number of pyridine rings is 1. The first-order valence-corrected chi connectivity index (χ1v) is 3.99. The zero-order valence-corrected chi connectivity index (χ0v) is 7.32. The Labute approximate surface area is 76.2 Å². The summed E-state index contributed by atoms with van der Waals surface area (Å²) in [5.74, 6) is 0.740. The van der Waals surface area contributed by atoms with E-state index in [4.69, 9.17) is 10.5 Å². The molecule has 0 radical (unpaired) electrons. The van der Waals surface area contributed by atoms with Crippen LogP contribution in [0.5, 0.6) is 5.75 Å². The Morgan fingerprint density at radius 1 is 1.38 bits per heavy atom. The molecule has 66 valence electrons. The van der Waals surface area contributed by atoms with Gasteiger partial charge in [0.15, 0.2) is 0 Å². The van der Waals surface area contributed by atoms with Crippen LogP contribution in [0.15, 0.2) is 30.5 Å². The average Bonchev–Trinajstić information content (AvgIpc) is 2.18. The third kappa shape index (κ3) is 1.28. The molecular weight excluding hydrogens is 164 g/mol. The van der Waals surface area contributed by atoms with Crippen LogP contribution in [0.1, 0.15) is 0 Å². The lowest BCUT2D eigenvalue weighted by atomic mass is 10.2. The van der Waals surface area contributed by atoms with Crippen LogP contribution in [0.3, 0.4) is 0 Å². The Morgan fingerprint density at radius 3 is 3.00 bits per heavy atom. The van der Waals surface area contributed by atoms with Gasteiger partial charge in [-0.25, -0.2) is 0 Å². The van der Waals surface area contributed by atoms with Gasteiger partial charge in [-0.3, -0.25) is 4.98 Å². The molecule has 0 fully saturated rings. The van der Waals surface area contributed by atoms with E-state index >= 15 is 0 Å². The minimum absolute atomic E-state index is 0.697. The third-order valence-electron chi connectivity index (χ3n) is 1.96. The first-order chi connectivity index (χ1) is 6.31. The molecule has 1 heterocycles. The highest BCUT2D eigenvalue weighted by Gasteiger charge is 2.00. The number of hydrogen-bond acceptors (Lipinski definition) is 3. The monoisotopic (exact) mass is 174 g/mol. The molecule has 1 aromatic heterocycles. The molecule has 0 unspecified atom stereocenters. The van der Waals surface area contributed by atoms with Crippen molar-refractivity contribution in [1.29, 1.82) is 0 Å². The van der Waals surface area contributed by atoms with Crippen molar-refractivity contribution in [2.45, 2.75) is 0 Å². The fraction of sp³-hybridized carbons (Fsp3) is 0.100. The van der Waals surface area contributed by atoms with E-state index in [2.05, 4.69) is 4.98 Å². The summed E-state index contributed by atoms with van der Waals surface area (Å²) in [5, 5.41) is 0.961. The Kier molecular flexibility index (Phi) is 1.77. The van der Waals surface area contributed by atoms with Crippen molar-refractivity contribution in [3.05, 3.63) is 30.5 Å². The van der Waals surface area contributed by atoms with Crippen molar-refractivity contribution in [2.75, 3.05) is 12.8 Å². The van der Waals surface area contributed by atoms with Crippen molar-refractivity contribution in [2.24, 2.45) is 0 Å². The van der Waals surface area contributed by atoms with Gasteiger partial charge < -0.3 is 10.5 Å². The van der Waals surface area contributed by atoms with Gasteiger partial charge in [-0.05, 0) is 12.1 Å². The smallest absolute Gasteiger partial charge is 0.123 e. The van der Waals surface area contributed by atoms with Crippen molar-refractivity contribution >= 4 is 16.6 Å². The number of methoxy groups -OCH3 is 1. The van der Waals surface area contributed by atoms with Gasteiger partial charge in [-0.15, -0.1) is 0 Å². The first-order valence-electron chi connectivity index (χ1n) is 3.99. The molecule has 1 aromatic carbocycles. The van der Waals surface area contributed by atoms with Gasteiger partial charge in [-0.1, -0.05) is 0 Å². The number of benzene rings is 1. The Bertz CT molecular complexity index is 440.